The summed E-state index contributed by atoms with van der Waals surface area (Å²) < 4.78 is 14.9. The molecule has 3 N–H and O–H groups in total. The van der Waals surface area contributed by atoms with E-state index in [9.17, 15) is 9.18 Å². The molecule has 3 aliphatic rings. The van der Waals surface area contributed by atoms with Crippen LogP contribution in [0.15, 0.2) is 54.1 Å². The van der Waals surface area contributed by atoms with E-state index in [-0.39, 0.29) is 17.1 Å². The van der Waals surface area contributed by atoms with Crippen LogP contribution < -0.4 is 11.1 Å². The molecule has 33 heavy (non-hydrogen) atoms. The van der Waals surface area contributed by atoms with E-state index in [4.69, 9.17) is 5.73 Å². The van der Waals surface area contributed by atoms with Crippen LogP contribution in [0, 0.1) is 12.9 Å². The van der Waals surface area contributed by atoms with Crippen LogP contribution in [0.5, 0.6) is 0 Å². The molecule has 1 atom stereocenters. The minimum absolute atomic E-state index is 0.0573. The van der Waals surface area contributed by atoms with Crippen LogP contribution in [0.25, 0.3) is 22.3 Å². The molecule has 2 aromatic carbocycles. The fraction of sp³-hybridized carbons (Fsp3) is 0.259. The number of nitrogens with zero attached hydrogens (tertiary/aromatic N) is 2. The van der Waals surface area contributed by atoms with E-state index in [1.165, 1.54) is 11.1 Å². The van der Waals surface area contributed by atoms with Crippen molar-refractivity contribution in [3.8, 4) is 22.3 Å². The Hall–Kier alpha value is -3.51. The molecule has 0 saturated carbocycles. The number of hydrogen-bond acceptors (Lipinski definition) is 4. The van der Waals surface area contributed by atoms with Gasteiger partial charge in [0.2, 0.25) is 5.95 Å². The van der Waals surface area contributed by atoms with Crippen molar-refractivity contribution in [2.24, 2.45) is 0 Å². The summed E-state index contributed by atoms with van der Waals surface area (Å²) in [6.45, 7) is 4.56. The third-order valence-corrected chi connectivity index (χ3v) is 7.25. The lowest BCUT2D eigenvalue weighted by molar-refractivity contribution is 0.0946. The predicted molar refractivity (Wildman–Crippen MR) is 128 cm³/mol. The molecule has 0 unspecified atom stereocenters. The molecule has 6 heteroatoms. The third-order valence-electron chi connectivity index (χ3n) is 7.25. The Morgan fingerprint density at radius 2 is 1.88 bits per heavy atom. The number of rotatable bonds is 3. The molecule has 1 saturated heterocycles. The van der Waals surface area contributed by atoms with Gasteiger partial charge < -0.3 is 16.0 Å². The summed E-state index contributed by atoms with van der Waals surface area (Å²) in [5, 5.41) is 2.87. The Morgan fingerprint density at radius 3 is 2.61 bits per heavy atom. The molecular weight excluding hydrogens is 415 g/mol. The molecule has 6 rings (SSSR count). The summed E-state index contributed by atoms with van der Waals surface area (Å²) in [7, 11) is 2.13. The molecule has 3 aromatic rings. The zero-order valence-corrected chi connectivity index (χ0v) is 18.7. The lowest BCUT2D eigenvalue weighted by atomic mass is 9.89. The Kier molecular flexibility index (Phi) is 4.26. The Morgan fingerprint density at radius 1 is 1.09 bits per heavy atom. The van der Waals surface area contributed by atoms with E-state index in [1.807, 2.05) is 31.2 Å². The average molecular weight is 441 g/mol. The van der Waals surface area contributed by atoms with Crippen molar-refractivity contribution >= 4 is 11.7 Å². The number of hydrogen-bond donors (Lipinski definition) is 2. The smallest absolute Gasteiger partial charge is 0.251 e. The van der Waals surface area contributed by atoms with Gasteiger partial charge in [0.1, 0.15) is 5.82 Å². The second kappa shape index (κ2) is 6.99. The Balaban J connectivity index is 1.39. The van der Waals surface area contributed by atoms with E-state index in [2.05, 4.69) is 40.5 Å². The number of benzene rings is 2. The first-order chi connectivity index (χ1) is 15.9. The highest BCUT2D eigenvalue weighted by atomic mass is 19.1. The van der Waals surface area contributed by atoms with Crippen molar-refractivity contribution in [2.75, 3.05) is 32.4 Å². The van der Waals surface area contributed by atoms with Crippen molar-refractivity contribution in [3.63, 3.8) is 0 Å². The molecular formula is C27H25FN4O. The number of nitrogens with one attached hydrogen (secondary N) is 1. The van der Waals surface area contributed by atoms with Crippen molar-refractivity contribution in [1.82, 2.24) is 15.2 Å². The number of carbonyl (C=O) groups is 1. The number of likely N-dealkylation sites (tertiary alicyclic amines) is 1. The number of nitrogen functional groups attached to an aromatic ring is 1. The Labute approximate surface area is 192 Å². The molecule has 2 aliphatic heterocycles. The third kappa shape index (κ3) is 3.09. The number of fused-ring (bicyclic) bond motifs is 2. The van der Waals surface area contributed by atoms with E-state index in [1.54, 1.807) is 6.07 Å². The first-order valence-corrected chi connectivity index (χ1v) is 11.3. The lowest BCUT2D eigenvalue weighted by Crippen LogP contribution is -2.31. The maximum absolute atomic E-state index is 14.9. The summed E-state index contributed by atoms with van der Waals surface area (Å²) in [6.07, 6.45) is 3.09. The zero-order valence-electron chi connectivity index (χ0n) is 18.7. The van der Waals surface area contributed by atoms with Crippen LogP contribution in [0.2, 0.25) is 0 Å². The minimum Gasteiger partial charge on any atom is -0.383 e. The SMILES string of the molecule is Cc1cc2c(cc1-c1cc(-c3ccc([C@@]45C=C4CN(C)C5)cc3)c(F)nc1N)CCNC2=O. The number of amides is 1. The van der Waals surface area contributed by atoms with Gasteiger partial charge in [0.25, 0.3) is 5.91 Å². The number of carbonyl (C=O) groups excluding carboxylic acids is 1. The Bertz CT molecular complexity index is 1360. The predicted octanol–water partition coefficient (Wildman–Crippen LogP) is 3.85. The molecule has 166 valence electrons. The molecule has 1 amide bonds. The number of likely N-dealkylation sites (N-methyl/N-ethyl adjacent to an activating group) is 1. The first-order valence-electron chi connectivity index (χ1n) is 11.3. The molecule has 1 aromatic heterocycles. The van der Waals surface area contributed by atoms with Crippen LogP contribution in [-0.2, 0) is 11.8 Å². The monoisotopic (exact) mass is 440 g/mol. The summed E-state index contributed by atoms with van der Waals surface area (Å²) in [6, 6.07) is 13.8. The number of aromatic nitrogens is 1. The molecule has 0 radical (unpaired) electrons. The van der Waals surface area contributed by atoms with E-state index in [0.717, 1.165) is 41.8 Å². The largest absolute Gasteiger partial charge is 0.383 e. The first kappa shape index (κ1) is 20.1. The quantitative estimate of drug-likeness (QED) is 0.479. The molecule has 5 nitrogen and oxygen atoms in total. The van der Waals surface area contributed by atoms with Crippen molar-refractivity contribution in [3.05, 3.63) is 82.3 Å². The van der Waals surface area contributed by atoms with Crippen LogP contribution in [0.4, 0.5) is 10.2 Å². The van der Waals surface area contributed by atoms with Crippen LogP contribution in [0.1, 0.15) is 27.0 Å². The fourth-order valence-electron chi connectivity index (χ4n) is 5.46. The number of nitrogens with two attached hydrogens (primary N) is 1. The van der Waals surface area contributed by atoms with Gasteiger partial charge in [-0.15, -0.1) is 0 Å². The average Bonchev–Trinajstić information content (AvgIpc) is 3.36. The molecule has 1 fully saturated rings. The number of aryl methyl sites for hydroxylation is 1. The van der Waals surface area contributed by atoms with Gasteiger partial charge in [-0.3, -0.25) is 4.79 Å². The normalized spacial score (nSPS) is 21.3. The van der Waals surface area contributed by atoms with Gasteiger partial charge in [0, 0.05) is 41.7 Å². The van der Waals surface area contributed by atoms with Gasteiger partial charge >= 0.3 is 0 Å². The highest BCUT2D eigenvalue weighted by Gasteiger charge is 2.50. The molecule has 0 bridgehead atoms. The molecule has 0 spiro atoms. The number of pyridine rings is 1. The summed E-state index contributed by atoms with van der Waals surface area (Å²) >= 11 is 0. The summed E-state index contributed by atoms with van der Waals surface area (Å²) in [5.74, 6) is -0.489. The maximum atomic E-state index is 14.9. The van der Waals surface area contributed by atoms with Gasteiger partial charge in [-0.25, -0.2) is 4.98 Å². The standard InChI is InChI=1S/C27H25FN4O/c1-15-9-22-17(7-8-30-26(22)33)10-20(15)23-11-21(24(28)31-25(23)29)16-3-5-18(6-4-16)27-12-19(27)13-32(2)14-27/h3-6,9-12H,7-8,13-14H2,1-2H3,(H2,29,31)(H,30,33)/t27-/m0/s1. The summed E-state index contributed by atoms with van der Waals surface area (Å²) in [4.78, 5) is 18.6. The summed E-state index contributed by atoms with van der Waals surface area (Å²) in [5.41, 5.74) is 14.3. The number of anilines is 1. The molecule has 1 aliphatic carbocycles. The molecule has 3 heterocycles. The van der Waals surface area contributed by atoms with E-state index < -0.39 is 5.95 Å². The lowest BCUT2D eigenvalue weighted by Gasteiger charge is -2.20. The topological polar surface area (TPSA) is 71.2 Å². The second-order valence-corrected chi connectivity index (χ2v) is 9.48. The van der Waals surface area contributed by atoms with Crippen molar-refractivity contribution in [1.29, 1.82) is 0 Å². The number of halogens is 1. The van der Waals surface area contributed by atoms with Crippen molar-refractivity contribution < 1.29 is 9.18 Å². The van der Waals surface area contributed by atoms with Gasteiger partial charge in [0.05, 0.1) is 0 Å². The van der Waals surface area contributed by atoms with Gasteiger partial charge in [-0.2, -0.15) is 4.39 Å². The van der Waals surface area contributed by atoms with Crippen LogP contribution in [-0.4, -0.2) is 42.5 Å². The van der Waals surface area contributed by atoms with E-state index in [0.29, 0.717) is 23.2 Å². The van der Waals surface area contributed by atoms with Crippen molar-refractivity contribution in [2.45, 2.75) is 18.8 Å². The maximum Gasteiger partial charge on any atom is 0.251 e. The highest BCUT2D eigenvalue weighted by Crippen LogP contribution is 2.51. The van der Waals surface area contributed by atoms with Crippen LogP contribution >= 0.6 is 0 Å². The van der Waals surface area contributed by atoms with Gasteiger partial charge in [-0.05, 0) is 72.0 Å². The fourth-order valence-corrected chi connectivity index (χ4v) is 5.46. The van der Waals surface area contributed by atoms with E-state index >= 15 is 0 Å². The minimum atomic E-state index is -0.581. The second-order valence-electron chi connectivity index (χ2n) is 9.48. The highest BCUT2D eigenvalue weighted by molar-refractivity contribution is 5.98. The van der Waals surface area contributed by atoms with Gasteiger partial charge in [-0.1, -0.05) is 30.3 Å². The van der Waals surface area contributed by atoms with Gasteiger partial charge in [0.15, 0.2) is 0 Å². The zero-order chi connectivity index (χ0) is 22.9. The van der Waals surface area contributed by atoms with Crippen LogP contribution in [0.3, 0.4) is 0 Å².